The minimum Gasteiger partial charge on any atom is -0.477 e. The first-order valence-electron chi connectivity index (χ1n) is 11.1. The molecule has 168 valence electrons. The molecule has 0 spiro atoms. The van der Waals surface area contributed by atoms with Crippen molar-refractivity contribution in [2.45, 2.75) is 44.9 Å². The van der Waals surface area contributed by atoms with Gasteiger partial charge in [0.1, 0.15) is 11.6 Å². The Morgan fingerprint density at radius 2 is 2.12 bits per heavy atom. The van der Waals surface area contributed by atoms with Gasteiger partial charge in [-0.05, 0) is 61.4 Å². The number of aromatic nitrogens is 3. The van der Waals surface area contributed by atoms with Crippen LogP contribution in [0.4, 0.5) is 5.82 Å². The number of carbonyl (C=O) groups is 1. The minimum absolute atomic E-state index is 0.0833. The number of ether oxygens (including phenoxy) is 1. The van der Waals surface area contributed by atoms with Crippen LogP contribution in [0, 0.1) is 0 Å². The average Bonchev–Trinajstić information content (AvgIpc) is 3.12. The fourth-order valence-corrected chi connectivity index (χ4v) is 4.59. The summed E-state index contributed by atoms with van der Waals surface area (Å²) in [7, 11) is 1.89. The van der Waals surface area contributed by atoms with E-state index < -0.39 is 0 Å². The number of anilines is 1. The number of halogens is 1. The van der Waals surface area contributed by atoms with Crippen molar-refractivity contribution < 1.29 is 9.53 Å². The Morgan fingerprint density at radius 3 is 2.94 bits per heavy atom. The van der Waals surface area contributed by atoms with E-state index in [1.165, 1.54) is 5.56 Å². The molecule has 1 aliphatic heterocycles. The van der Waals surface area contributed by atoms with Crippen molar-refractivity contribution in [3.8, 4) is 5.88 Å². The predicted octanol–water partition coefficient (Wildman–Crippen LogP) is 4.86. The Balaban J connectivity index is 1.39. The number of rotatable bonds is 9. The van der Waals surface area contributed by atoms with Gasteiger partial charge in [-0.2, -0.15) is 5.10 Å². The van der Waals surface area contributed by atoms with Crippen LogP contribution in [0.15, 0.2) is 46.9 Å². The highest BCUT2D eigenvalue weighted by Gasteiger charge is 2.18. The van der Waals surface area contributed by atoms with Crippen molar-refractivity contribution in [2.24, 2.45) is 7.05 Å². The number of nitrogens with zero attached hydrogens (tertiary/aromatic N) is 3. The predicted molar refractivity (Wildman–Crippen MR) is 129 cm³/mol. The lowest BCUT2D eigenvalue weighted by Gasteiger charge is -2.17. The molecule has 2 aromatic heterocycles. The maximum Gasteiger partial charge on any atom is 0.211 e. The van der Waals surface area contributed by atoms with Gasteiger partial charge >= 0.3 is 0 Å². The second kappa shape index (κ2) is 10.3. The number of carbonyl (C=O) groups excluding carboxylic acids is 1. The molecular formula is C25H29BrN4O2. The SMILES string of the molecule is CC(=O)CC(Cc1cc(OCCc2ccc3c(n2)NCCC3)n(C)n1)c1cccc(Br)c1. The van der Waals surface area contributed by atoms with E-state index in [0.29, 0.717) is 19.4 Å². The maximum absolute atomic E-state index is 11.9. The Kier molecular flexibility index (Phi) is 7.25. The number of nitrogens with one attached hydrogen (secondary N) is 1. The van der Waals surface area contributed by atoms with Crippen LogP contribution in [0.1, 0.15) is 48.2 Å². The number of ketones is 1. The van der Waals surface area contributed by atoms with Crippen molar-refractivity contribution in [3.05, 3.63) is 69.5 Å². The number of Topliss-reactive ketones (excluding diaryl/α,β-unsaturated/α-hetero) is 1. The molecule has 0 saturated heterocycles. The molecule has 3 aromatic rings. The van der Waals surface area contributed by atoms with E-state index in [0.717, 1.165) is 58.9 Å². The summed E-state index contributed by atoms with van der Waals surface area (Å²) in [5, 5.41) is 8.01. The summed E-state index contributed by atoms with van der Waals surface area (Å²) in [5.41, 5.74) is 4.37. The average molecular weight is 497 g/mol. The molecule has 32 heavy (non-hydrogen) atoms. The van der Waals surface area contributed by atoms with E-state index in [9.17, 15) is 4.79 Å². The second-order valence-electron chi connectivity index (χ2n) is 8.40. The van der Waals surface area contributed by atoms with Crippen LogP contribution in [0.5, 0.6) is 5.88 Å². The lowest BCUT2D eigenvalue weighted by molar-refractivity contribution is -0.117. The zero-order valence-electron chi connectivity index (χ0n) is 18.6. The smallest absolute Gasteiger partial charge is 0.211 e. The van der Waals surface area contributed by atoms with E-state index in [-0.39, 0.29) is 11.7 Å². The number of aryl methyl sites for hydroxylation is 2. The summed E-state index contributed by atoms with van der Waals surface area (Å²) < 4.78 is 8.80. The molecule has 1 unspecified atom stereocenters. The molecule has 3 heterocycles. The second-order valence-corrected chi connectivity index (χ2v) is 9.31. The highest BCUT2D eigenvalue weighted by atomic mass is 79.9. The van der Waals surface area contributed by atoms with E-state index in [1.54, 1.807) is 11.6 Å². The van der Waals surface area contributed by atoms with Crippen molar-refractivity contribution in [2.75, 3.05) is 18.5 Å². The van der Waals surface area contributed by atoms with Gasteiger partial charge in [0.2, 0.25) is 5.88 Å². The van der Waals surface area contributed by atoms with Gasteiger partial charge in [-0.1, -0.05) is 34.1 Å². The van der Waals surface area contributed by atoms with E-state index in [1.807, 2.05) is 25.2 Å². The van der Waals surface area contributed by atoms with Gasteiger partial charge in [0, 0.05) is 42.7 Å². The number of hydrogen-bond acceptors (Lipinski definition) is 5. The third kappa shape index (κ3) is 5.76. The first kappa shape index (κ1) is 22.5. The summed E-state index contributed by atoms with van der Waals surface area (Å²) >= 11 is 3.53. The maximum atomic E-state index is 11.9. The molecule has 1 atom stereocenters. The Labute approximate surface area is 197 Å². The first-order chi connectivity index (χ1) is 15.5. The van der Waals surface area contributed by atoms with E-state index >= 15 is 0 Å². The molecule has 1 aromatic carbocycles. The molecule has 4 rings (SSSR count). The fraction of sp³-hybridized carbons (Fsp3) is 0.400. The molecule has 0 saturated carbocycles. The highest BCUT2D eigenvalue weighted by Crippen LogP contribution is 2.28. The summed E-state index contributed by atoms with van der Waals surface area (Å²) in [6.07, 6.45) is 4.16. The van der Waals surface area contributed by atoms with Crippen molar-refractivity contribution in [1.82, 2.24) is 14.8 Å². The van der Waals surface area contributed by atoms with Gasteiger partial charge in [0.15, 0.2) is 0 Å². The first-order valence-corrected chi connectivity index (χ1v) is 11.9. The van der Waals surface area contributed by atoms with Crippen molar-refractivity contribution >= 4 is 27.5 Å². The highest BCUT2D eigenvalue weighted by molar-refractivity contribution is 9.10. The topological polar surface area (TPSA) is 69.0 Å². The van der Waals surface area contributed by atoms with Crippen LogP contribution in [0.2, 0.25) is 0 Å². The molecule has 1 aliphatic rings. The van der Waals surface area contributed by atoms with Gasteiger partial charge in [-0.25, -0.2) is 9.67 Å². The molecule has 1 N–H and O–H groups in total. The number of pyridine rings is 1. The van der Waals surface area contributed by atoms with Crippen LogP contribution in [0.25, 0.3) is 0 Å². The number of fused-ring (bicyclic) bond motifs is 1. The zero-order chi connectivity index (χ0) is 22.5. The molecule has 7 heteroatoms. The Hall–Kier alpha value is -2.67. The molecule has 0 fully saturated rings. The van der Waals surface area contributed by atoms with Crippen LogP contribution in [0.3, 0.4) is 0 Å². The lowest BCUT2D eigenvalue weighted by atomic mass is 9.90. The molecule has 6 nitrogen and oxygen atoms in total. The van der Waals surface area contributed by atoms with E-state index in [4.69, 9.17) is 9.72 Å². The summed E-state index contributed by atoms with van der Waals surface area (Å²) in [4.78, 5) is 16.6. The number of hydrogen-bond donors (Lipinski definition) is 1. The normalized spacial score (nSPS) is 13.8. The van der Waals surface area contributed by atoms with Crippen LogP contribution in [-0.2, 0) is 31.1 Å². The molecule has 0 bridgehead atoms. The van der Waals surface area contributed by atoms with Crippen LogP contribution in [-0.4, -0.2) is 33.7 Å². The van der Waals surface area contributed by atoms with Gasteiger partial charge in [-0.3, -0.25) is 0 Å². The Morgan fingerprint density at radius 1 is 1.25 bits per heavy atom. The number of benzene rings is 1. The van der Waals surface area contributed by atoms with Crippen molar-refractivity contribution in [3.63, 3.8) is 0 Å². The molecule has 0 radical (unpaired) electrons. The van der Waals surface area contributed by atoms with Crippen LogP contribution >= 0.6 is 15.9 Å². The lowest BCUT2D eigenvalue weighted by Crippen LogP contribution is -2.14. The van der Waals surface area contributed by atoms with Gasteiger partial charge in [0.05, 0.1) is 12.3 Å². The van der Waals surface area contributed by atoms with Crippen molar-refractivity contribution in [1.29, 1.82) is 0 Å². The largest absolute Gasteiger partial charge is 0.477 e. The summed E-state index contributed by atoms with van der Waals surface area (Å²) in [5.74, 6) is 2.00. The minimum atomic E-state index is 0.0833. The van der Waals surface area contributed by atoms with E-state index in [2.05, 4.69) is 50.6 Å². The molecule has 0 aliphatic carbocycles. The summed E-state index contributed by atoms with van der Waals surface area (Å²) in [6, 6.07) is 14.4. The van der Waals surface area contributed by atoms with Gasteiger partial charge < -0.3 is 14.8 Å². The fourth-order valence-electron chi connectivity index (χ4n) is 4.18. The van der Waals surface area contributed by atoms with Gasteiger partial charge in [0.25, 0.3) is 0 Å². The Bertz CT molecular complexity index is 1100. The van der Waals surface area contributed by atoms with Gasteiger partial charge in [-0.15, -0.1) is 0 Å². The molecule has 0 amide bonds. The summed E-state index contributed by atoms with van der Waals surface area (Å²) in [6.45, 7) is 3.16. The zero-order valence-corrected chi connectivity index (χ0v) is 20.2. The standard InChI is InChI=1S/C25H29BrN4O2/c1-17(31)13-20(19-5-3-7-21(26)14-19)15-23-16-24(30(2)29-23)32-12-10-22-9-8-18-6-4-11-27-25(18)28-22/h3,5,7-9,14,16,20H,4,6,10-13,15H2,1-2H3,(H,27,28). The molecular weight excluding hydrogens is 468 g/mol. The third-order valence-corrected chi connectivity index (χ3v) is 6.25. The van der Waals surface area contributed by atoms with Crippen LogP contribution < -0.4 is 10.1 Å². The third-order valence-electron chi connectivity index (χ3n) is 5.76. The quantitative estimate of drug-likeness (QED) is 0.457. The monoisotopic (exact) mass is 496 g/mol.